The van der Waals surface area contributed by atoms with Crippen molar-refractivity contribution in [1.29, 1.82) is 0 Å². The van der Waals surface area contributed by atoms with Crippen molar-refractivity contribution in [3.63, 3.8) is 0 Å². The van der Waals surface area contributed by atoms with Crippen LogP contribution in [0.15, 0.2) is 48.8 Å². The Kier molecular flexibility index (Phi) is 6.93. The number of benzene rings is 1. The van der Waals surface area contributed by atoms with Crippen molar-refractivity contribution in [2.75, 3.05) is 4.90 Å². The van der Waals surface area contributed by atoms with Gasteiger partial charge in [-0.25, -0.2) is 9.97 Å². The number of halogens is 1. The molecule has 2 aliphatic rings. The average molecular weight is 547 g/mol. The number of aliphatic carboxylic acids is 1. The molecule has 3 aromatic heterocycles. The van der Waals surface area contributed by atoms with E-state index in [1.807, 2.05) is 54.2 Å². The number of fused-ring (bicyclic) bond motifs is 1. The summed E-state index contributed by atoms with van der Waals surface area (Å²) in [6.07, 6.45) is 10.0. The van der Waals surface area contributed by atoms with Gasteiger partial charge in [0.05, 0.1) is 6.42 Å². The Hall–Kier alpha value is -3.59. The van der Waals surface area contributed by atoms with Gasteiger partial charge in [-0.05, 0) is 42.9 Å². The summed E-state index contributed by atoms with van der Waals surface area (Å²) in [5.41, 5.74) is 3.35. The number of aryl methyl sites for hydroxylation is 1. The fourth-order valence-corrected chi connectivity index (χ4v) is 6.78. The molecule has 2 fully saturated rings. The number of hydrogen-bond donors (Lipinski definition) is 1. The Labute approximate surface area is 230 Å². The van der Waals surface area contributed by atoms with E-state index in [0.29, 0.717) is 23.0 Å². The van der Waals surface area contributed by atoms with Gasteiger partial charge in [-0.15, -0.1) is 0 Å². The van der Waals surface area contributed by atoms with Gasteiger partial charge < -0.3 is 9.67 Å². The molecule has 1 aromatic carbocycles. The molecule has 1 amide bonds. The minimum atomic E-state index is -0.981. The van der Waals surface area contributed by atoms with E-state index in [0.717, 1.165) is 72.0 Å². The van der Waals surface area contributed by atoms with Crippen molar-refractivity contribution in [3.05, 3.63) is 53.9 Å². The quantitative estimate of drug-likeness (QED) is 0.253. The first-order valence-corrected chi connectivity index (χ1v) is 14.4. The van der Waals surface area contributed by atoms with Crippen LogP contribution in [0.2, 0.25) is 0 Å². The molecule has 0 bridgehead atoms. The zero-order valence-electron chi connectivity index (χ0n) is 21.8. The molecule has 3 heterocycles. The molecule has 4 aromatic rings. The highest BCUT2D eigenvalue weighted by Crippen LogP contribution is 2.42. The summed E-state index contributed by atoms with van der Waals surface area (Å²) in [5.74, 6) is -1.48. The minimum Gasteiger partial charge on any atom is -0.481 e. The molecule has 0 aliphatic heterocycles. The molecule has 202 valence electrons. The Morgan fingerprint density at radius 3 is 2.62 bits per heavy atom. The number of amides is 1. The number of aromatic nitrogens is 3. The highest BCUT2D eigenvalue weighted by Gasteiger charge is 2.40. The second kappa shape index (κ2) is 10.5. The Morgan fingerprint density at radius 2 is 1.90 bits per heavy atom. The number of hydrogen-bond acceptors (Lipinski definition) is 5. The van der Waals surface area contributed by atoms with Crippen molar-refractivity contribution < 1.29 is 19.1 Å². The fraction of sp³-hybridized carbons (Fsp3) is 0.400. The molecule has 2 saturated carbocycles. The molecule has 0 saturated heterocycles. The first kappa shape index (κ1) is 25.7. The number of nitrogens with zero attached hydrogens (tertiary/aromatic N) is 4. The Balaban J connectivity index is 1.34. The Bertz CT molecular complexity index is 1540. The zero-order chi connectivity index (χ0) is 27.1. The van der Waals surface area contributed by atoms with Crippen LogP contribution >= 0.6 is 11.3 Å². The van der Waals surface area contributed by atoms with Crippen LogP contribution in [0.4, 0.5) is 9.52 Å². The van der Waals surface area contributed by atoms with Gasteiger partial charge >= 0.3 is 5.97 Å². The van der Waals surface area contributed by atoms with Crippen LogP contribution in [0, 0.1) is 17.0 Å². The number of anilines is 1. The number of rotatable bonds is 9. The summed E-state index contributed by atoms with van der Waals surface area (Å²) >= 11 is 0.864. The lowest BCUT2D eigenvalue weighted by molar-refractivity contribution is -0.141. The van der Waals surface area contributed by atoms with Crippen molar-refractivity contribution in [2.45, 2.75) is 57.4 Å². The molecule has 0 spiro atoms. The summed E-state index contributed by atoms with van der Waals surface area (Å²) in [6.45, 7) is 0. The molecular weight excluding hydrogens is 515 g/mol. The van der Waals surface area contributed by atoms with Gasteiger partial charge in [0, 0.05) is 47.9 Å². The lowest BCUT2D eigenvalue weighted by Gasteiger charge is -2.26. The highest BCUT2D eigenvalue weighted by atomic mass is 32.1. The third-order valence-electron chi connectivity index (χ3n) is 7.99. The average Bonchev–Trinajstić information content (AvgIpc) is 3.28. The van der Waals surface area contributed by atoms with Crippen LogP contribution in [0.3, 0.4) is 0 Å². The normalized spacial score (nSPS) is 16.6. The number of carboxylic acid groups (broad SMARTS) is 1. The number of carbonyl (C=O) groups is 2. The number of carboxylic acids is 1. The van der Waals surface area contributed by atoms with Crippen molar-refractivity contribution in [1.82, 2.24) is 14.5 Å². The highest BCUT2D eigenvalue weighted by molar-refractivity contribution is 7.14. The largest absolute Gasteiger partial charge is 0.481 e. The van der Waals surface area contributed by atoms with Gasteiger partial charge in [0.15, 0.2) is 5.13 Å². The Morgan fingerprint density at radius 1 is 1.15 bits per heavy atom. The summed E-state index contributed by atoms with van der Waals surface area (Å²) in [5, 5.41) is 10.4. The zero-order valence-corrected chi connectivity index (χ0v) is 22.7. The maximum Gasteiger partial charge on any atom is 0.304 e. The summed E-state index contributed by atoms with van der Waals surface area (Å²) < 4.78 is 17.5. The first-order valence-electron chi connectivity index (χ1n) is 13.6. The molecule has 6 rings (SSSR count). The van der Waals surface area contributed by atoms with Crippen molar-refractivity contribution in [2.24, 2.45) is 18.9 Å². The first-order chi connectivity index (χ1) is 18.9. The van der Waals surface area contributed by atoms with E-state index in [-0.39, 0.29) is 24.1 Å². The van der Waals surface area contributed by atoms with Gasteiger partial charge in [0.1, 0.15) is 11.3 Å². The monoisotopic (exact) mass is 546 g/mol. The van der Waals surface area contributed by atoms with Gasteiger partial charge in [0.2, 0.25) is 11.0 Å². The smallest absolute Gasteiger partial charge is 0.304 e. The topological polar surface area (TPSA) is 88.3 Å². The standard InChI is InChI=1S/C30H31FN4O3S/c1-34-13-12-19-15-21(17-32-28(19)34)23-8-4-5-9-24(23)26-27(31)39-30(33-26)35(22-10-11-22)29(38)20(16-25(36)37)14-18-6-2-3-7-18/h4-5,8-9,12-13,15,17-18,20,22H,2-3,6-7,10-11,14,16H2,1H3,(H,36,37)/t20-/m1/s1. The van der Waals surface area contributed by atoms with E-state index in [1.54, 1.807) is 11.1 Å². The summed E-state index contributed by atoms with van der Waals surface area (Å²) in [7, 11) is 1.94. The van der Waals surface area contributed by atoms with E-state index < -0.39 is 17.0 Å². The molecule has 1 atom stereocenters. The molecule has 39 heavy (non-hydrogen) atoms. The van der Waals surface area contributed by atoms with Gasteiger partial charge in [-0.2, -0.15) is 4.39 Å². The van der Waals surface area contributed by atoms with E-state index in [9.17, 15) is 14.7 Å². The molecule has 2 aliphatic carbocycles. The number of carbonyl (C=O) groups excluding carboxylic acids is 1. The molecule has 9 heteroatoms. The van der Waals surface area contributed by atoms with Crippen molar-refractivity contribution >= 4 is 39.4 Å². The van der Waals surface area contributed by atoms with Crippen LogP contribution < -0.4 is 4.90 Å². The lowest BCUT2D eigenvalue weighted by Crippen LogP contribution is -2.39. The third-order valence-corrected chi connectivity index (χ3v) is 8.84. The summed E-state index contributed by atoms with van der Waals surface area (Å²) in [4.78, 5) is 36.4. The SMILES string of the molecule is Cn1ccc2cc(-c3ccccc3-c3nc(N(C(=O)[C@@H](CC(=O)O)CC4CCCC4)C4CC4)sc3F)cnc21. The van der Waals surface area contributed by atoms with Crippen LogP contribution in [0.5, 0.6) is 0 Å². The van der Waals surface area contributed by atoms with Gasteiger partial charge in [-0.3, -0.25) is 14.5 Å². The van der Waals surface area contributed by atoms with Crippen LogP contribution in [-0.4, -0.2) is 37.6 Å². The predicted octanol–water partition coefficient (Wildman–Crippen LogP) is 6.67. The van der Waals surface area contributed by atoms with Crippen LogP contribution in [-0.2, 0) is 16.6 Å². The van der Waals surface area contributed by atoms with Crippen LogP contribution in [0.25, 0.3) is 33.4 Å². The second-order valence-electron chi connectivity index (χ2n) is 10.8. The number of thiazole rings is 1. The lowest BCUT2D eigenvalue weighted by atomic mass is 9.90. The van der Waals surface area contributed by atoms with Crippen molar-refractivity contribution in [3.8, 4) is 22.4 Å². The maximum absolute atomic E-state index is 15.6. The summed E-state index contributed by atoms with van der Waals surface area (Å²) in [6, 6.07) is 11.5. The molecule has 0 unspecified atom stereocenters. The third kappa shape index (κ3) is 5.20. The van der Waals surface area contributed by atoms with Gasteiger partial charge in [0.25, 0.3) is 0 Å². The predicted molar refractivity (Wildman–Crippen MR) is 150 cm³/mol. The molecule has 1 N–H and O–H groups in total. The van der Waals surface area contributed by atoms with Gasteiger partial charge in [-0.1, -0.05) is 61.3 Å². The molecular formula is C30H31FN4O3S. The van der Waals surface area contributed by atoms with E-state index in [4.69, 9.17) is 0 Å². The van der Waals surface area contributed by atoms with E-state index >= 15 is 4.39 Å². The maximum atomic E-state index is 15.6. The minimum absolute atomic E-state index is 0.0595. The molecule has 7 nitrogen and oxygen atoms in total. The molecule has 0 radical (unpaired) electrons. The van der Waals surface area contributed by atoms with E-state index in [2.05, 4.69) is 9.97 Å². The fourth-order valence-electron chi connectivity index (χ4n) is 5.89. The van der Waals surface area contributed by atoms with E-state index in [1.165, 1.54) is 0 Å². The second-order valence-corrected chi connectivity index (χ2v) is 11.8. The number of pyridine rings is 1. The van der Waals surface area contributed by atoms with Crippen LogP contribution in [0.1, 0.15) is 51.4 Å².